The van der Waals surface area contributed by atoms with Crippen LogP contribution in [0.15, 0.2) is 0 Å². The number of hydrogen-bond donors (Lipinski definition) is 2. The van der Waals surface area contributed by atoms with Gasteiger partial charge >= 0.3 is 0 Å². The topological polar surface area (TPSA) is 50.7 Å². The predicted octanol–water partition coefficient (Wildman–Crippen LogP) is 1.57. The van der Waals surface area contributed by atoms with Crippen molar-refractivity contribution in [1.82, 2.24) is 5.32 Å². The molecule has 0 radical (unpaired) electrons. The lowest BCUT2D eigenvalue weighted by molar-refractivity contribution is 0.0165. The highest BCUT2D eigenvalue weighted by molar-refractivity contribution is 4.84. The van der Waals surface area contributed by atoms with Crippen molar-refractivity contribution in [1.29, 1.82) is 0 Å². The lowest BCUT2D eigenvalue weighted by Gasteiger charge is -2.30. The van der Waals surface area contributed by atoms with E-state index >= 15 is 0 Å². The maximum absolute atomic E-state index is 9.36. The van der Waals surface area contributed by atoms with E-state index in [0.29, 0.717) is 13.2 Å². The van der Waals surface area contributed by atoms with E-state index in [-0.39, 0.29) is 18.2 Å². The van der Waals surface area contributed by atoms with Crippen molar-refractivity contribution in [3.8, 4) is 0 Å². The number of hydrogen-bond acceptors (Lipinski definition) is 4. The van der Waals surface area contributed by atoms with Crippen molar-refractivity contribution in [3.63, 3.8) is 0 Å². The molecule has 0 aromatic rings. The van der Waals surface area contributed by atoms with E-state index in [1.807, 2.05) is 20.9 Å². The second-order valence-corrected chi connectivity index (χ2v) is 4.68. The zero-order valence-electron chi connectivity index (χ0n) is 11.8. The summed E-state index contributed by atoms with van der Waals surface area (Å²) in [6, 6.07) is 0. The van der Waals surface area contributed by atoms with E-state index in [1.54, 1.807) is 0 Å². The van der Waals surface area contributed by atoms with Crippen molar-refractivity contribution in [3.05, 3.63) is 0 Å². The Morgan fingerprint density at radius 2 is 1.94 bits per heavy atom. The average Bonchev–Trinajstić information content (AvgIpc) is 2.33. The number of nitrogens with one attached hydrogen (secondary N) is 1. The monoisotopic (exact) mass is 247 g/mol. The molecule has 2 N–H and O–H groups in total. The first-order chi connectivity index (χ1) is 8.10. The molecule has 0 saturated heterocycles. The second kappa shape index (κ2) is 9.83. The molecule has 0 spiro atoms. The number of ether oxygens (including phenoxy) is 2. The Kier molecular flexibility index (Phi) is 9.74. The molecule has 4 nitrogen and oxygen atoms in total. The molecular weight excluding hydrogens is 218 g/mol. The van der Waals surface area contributed by atoms with E-state index in [2.05, 4.69) is 12.2 Å². The average molecular weight is 247 g/mol. The third kappa shape index (κ3) is 7.71. The van der Waals surface area contributed by atoms with E-state index in [0.717, 1.165) is 25.9 Å². The van der Waals surface area contributed by atoms with Crippen LogP contribution in [0, 0.1) is 0 Å². The fourth-order valence-corrected chi connectivity index (χ4v) is 1.71. The summed E-state index contributed by atoms with van der Waals surface area (Å²) in [5, 5.41) is 12.6. The summed E-state index contributed by atoms with van der Waals surface area (Å²) in [6.07, 6.45) is 3.08. The molecule has 0 saturated carbocycles. The van der Waals surface area contributed by atoms with Gasteiger partial charge in [0.25, 0.3) is 0 Å². The van der Waals surface area contributed by atoms with Crippen LogP contribution < -0.4 is 5.32 Å². The van der Waals surface area contributed by atoms with Crippen LogP contribution in [0.3, 0.4) is 0 Å². The highest BCUT2D eigenvalue weighted by Crippen LogP contribution is 2.16. The van der Waals surface area contributed by atoms with Crippen molar-refractivity contribution in [2.45, 2.75) is 51.7 Å². The SMILES string of the molecule is CCC(CO)(CCCOCCOC(C)C)NC. The summed E-state index contributed by atoms with van der Waals surface area (Å²) in [6.45, 7) is 8.33. The van der Waals surface area contributed by atoms with Crippen LogP contribution >= 0.6 is 0 Å². The number of likely N-dealkylation sites (N-methyl/N-ethyl adjacent to an activating group) is 1. The summed E-state index contributed by atoms with van der Waals surface area (Å²) >= 11 is 0. The fraction of sp³-hybridized carbons (Fsp3) is 1.00. The Labute approximate surface area is 106 Å². The van der Waals surface area contributed by atoms with E-state index in [9.17, 15) is 5.11 Å². The Balaban J connectivity index is 3.49. The van der Waals surface area contributed by atoms with Gasteiger partial charge in [0.1, 0.15) is 0 Å². The Bertz CT molecular complexity index is 162. The van der Waals surface area contributed by atoms with E-state index in [4.69, 9.17) is 9.47 Å². The van der Waals surface area contributed by atoms with E-state index < -0.39 is 0 Å². The highest BCUT2D eigenvalue weighted by atomic mass is 16.5. The largest absolute Gasteiger partial charge is 0.394 e. The molecule has 0 bridgehead atoms. The third-order valence-electron chi connectivity index (χ3n) is 3.13. The second-order valence-electron chi connectivity index (χ2n) is 4.68. The Hall–Kier alpha value is -0.160. The molecule has 0 aliphatic carbocycles. The lowest BCUT2D eigenvalue weighted by atomic mass is 9.92. The molecule has 0 heterocycles. The molecule has 1 unspecified atom stereocenters. The Morgan fingerprint density at radius 1 is 1.24 bits per heavy atom. The quantitative estimate of drug-likeness (QED) is 0.544. The number of aliphatic hydroxyl groups excluding tert-OH is 1. The van der Waals surface area contributed by atoms with Crippen molar-refractivity contribution < 1.29 is 14.6 Å². The third-order valence-corrected chi connectivity index (χ3v) is 3.13. The molecule has 17 heavy (non-hydrogen) atoms. The van der Waals surface area contributed by atoms with Gasteiger partial charge in [-0.15, -0.1) is 0 Å². The van der Waals surface area contributed by atoms with E-state index in [1.165, 1.54) is 0 Å². The van der Waals surface area contributed by atoms with Crippen LogP contribution in [0.2, 0.25) is 0 Å². The van der Waals surface area contributed by atoms with Gasteiger partial charge in [-0.1, -0.05) is 6.92 Å². The molecule has 0 aromatic heterocycles. The first-order valence-corrected chi connectivity index (χ1v) is 6.59. The van der Waals surface area contributed by atoms with Gasteiger partial charge in [-0.3, -0.25) is 0 Å². The summed E-state index contributed by atoms with van der Waals surface area (Å²) in [4.78, 5) is 0. The molecule has 0 amide bonds. The number of aliphatic hydroxyl groups is 1. The van der Waals surface area contributed by atoms with Crippen LogP contribution in [-0.2, 0) is 9.47 Å². The van der Waals surface area contributed by atoms with Gasteiger partial charge in [0.05, 0.1) is 25.9 Å². The van der Waals surface area contributed by atoms with Gasteiger partial charge in [0.15, 0.2) is 0 Å². The molecule has 0 aliphatic heterocycles. The molecule has 0 fully saturated rings. The predicted molar refractivity (Wildman–Crippen MR) is 70.3 cm³/mol. The molecule has 0 aliphatic rings. The first kappa shape index (κ1) is 16.8. The normalized spacial score (nSPS) is 15.2. The smallest absolute Gasteiger partial charge is 0.0703 e. The molecule has 104 valence electrons. The Morgan fingerprint density at radius 3 is 2.41 bits per heavy atom. The zero-order valence-corrected chi connectivity index (χ0v) is 11.8. The minimum absolute atomic E-state index is 0.141. The van der Waals surface area contributed by atoms with Gasteiger partial charge in [-0.05, 0) is 40.2 Å². The molecule has 0 rings (SSSR count). The minimum Gasteiger partial charge on any atom is -0.394 e. The lowest BCUT2D eigenvalue weighted by Crippen LogP contribution is -2.46. The van der Waals surface area contributed by atoms with Crippen LogP contribution in [-0.4, -0.2) is 50.2 Å². The standard InChI is InChI=1S/C13H29NO3/c1-5-13(11-15,14-4)7-6-8-16-9-10-17-12(2)3/h12,14-15H,5-11H2,1-4H3. The maximum Gasteiger partial charge on any atom is 0.0703 e. The number of rotatable bonds is 11. The first-order valence-electron chi connectivity index (χ1n) is 6.59. The molecule has 4 heteroatoms. The van der Waals surface area contributed by atoms with Crippen molar-refractivity contribution in [2.24, 2.45) is 0 Å². The summed E-state index contributed by atoms with van der Waals surface area (Å²) in [7, 11) is 1.90. The van der Waals surface area contributed by atoms with Gasteiger partial charge in [0.2, 0.25) is 0 Å². The van der Waals surface area contributed by atoms with Gasteiger partial charge in [-0.2, -0.15) is 0 Å². The fourth-order valence-electron chi connectivity index (χ4n) is 1.71. The van der Waals surface area contributed by atoms with Crippen LogP contribution in [0.25, 0.3) is 0 Å². The van der Waals surface area contributed by atoms with Crippen LogP contribution in [0.4, 0.5) is 0 Å². The van der Waals surface area contributed by atoms with Crippen molar-refractivity contribution in [2.75, 3.05) is 33.5 Å². The molecule has 0 aromatic carbocycles. The summed E-state index contributed by atoms with van der Waals surface area (Å²) in [5.41, 5.74) is -0.141. The van der Waals surface area contributed by atoms with Gasteiger partial charge < -0.3 is 19.9 Å². The van der Waals surface area contributed by atoms with Crippen LogP contribution in [0.1, 0.15) is 40.0 Å². The summed E-state index contributed by atoms with van der Waals surface area (Å²) in [5.74, 6) is 0. The molecular formula is C13H29NO3. The highest BCUT2D eigenvalue weighted by Gasteiger charge is 2.23. The van der Waals surface area contributed by atoms with Gasteiger partial charge in [0, 0.05) is 12.1 Å². The van der Waals surface area contributed by atoms with Crippen molar-refractivity contribution >= 4 is 0 Å². The zero-order chi connectivity index (χ0) is 13.1. The van der Waals surface area contributed by atoms with Gasteiger partial charge in [-0.25, -0.2) is 0 Å². The maximum atomic E-state index is 9.36. The molecule has 1 atom stereocenters. The summed E-state index contributed by atoms with van der Waals surface area (Å²) < 4.78 is 10.9. The van der Waals surface area contributed by atoms with Crippen LogP contribution in [0.5, 0.6) is 0 Å². The minimum atomic E-state index is -0.141.